The minimum absolute atomic E-state index is 0.263. The molecule has 0 aliphatic rings. The first kappa shape index (κ1) is 23.4. The minimum atomic E-state index is -0.496. The zero-order valence-electron chi connectivity index (χ0n) is 16.8. The number of carbonyl (C=O) groups is 2. The van der Waals surface area contributed by atoms with Crippen molar-refractivity contribution >= 4 is 50.0 Å². The van der Waals surface area contributed by atoms with Gasteiger partial charge in [0.05, 0.1) is 17.3 Å². The Kier molecular flexibility index (Phi) is 8.35. The molecule has 32 heavy (non-hydrogen) atoms. The predicted molar refractivity (Wildman–Crippen MR) is 130 cm³/mol. The van der Waals surface area contributed by atoms with E-state index in [4.69, 9.17) is 9.47 Å². The summed E-state index contributed by atoms with van der Waals surface area (Å²) < 4.78 is 12.5. The quantitative estimate of drug-likeness (QED) is 0.126. The molecule has 3 aromatic carbocycles. The molecular weight excluding hydrogens is 540 g/mol. The van der Waals surface area contributed by atoms with Crippen molar-refractivity contribution in [2.45, 2.75) is 0 Å². The summed E-state index contributed by atoms with van der Waals surface area (Å²) in [5.74, 6) is -0.248. The van der Waals surface area contributed by atoms with E-state index >= 15 is 0 Å². The molecule has 0 saturated heterocycles. The van der Waals surface area contributed by atoms with Crippen molar-refractivity contribution in [3.8, 4) is 11.5 Å². The van der Waals surface area contributed by atoms with Crippen LogP contribution in [0.25, 0.3) is 0 Å². The van der Waals surface area contributed by atoms with Crippen molar-refractivity contribution in [1.29, 1.82) is 0 Å². The Morgan fingerprint density at radius 2 is 1.66 bits per heavy atom. The maximum atomic E-state index is 12.6. The van der Waals surface area contributed by atoms with Crippen molar-refractivity contribution in [2.24, 2.45) is 5.10 Å². The summed E-state index contributed by atoms with van der Waals surface area (Å²) in [5, 5.41) is 4.02. The van der Waals surface area contributed by atoms with Crippen molar-refractivity contribution in [3.05, 3.63) is 105 Å². The first-order valence-electron chi connectivity index (χ1n) is 9.41. The third-order valence-electron chi connectivity index (χ3n) is 4.10. The van der Waals surface area contributed by atoms with Crippen molar-refractivity contribution in [2.75, 3.05) is 6.61 Å². The van der Waals surface area contributed by atoms with Gasteiger partial charge in [0.15, 0.2) is 0 Å². The fourth-order valence-electron chi connectivity index (χ4n) is 2.62. The first-order valence-corrected chi connectivity index (χ1v) is 11.0. The van der Waals surface area contributed by atoms with Gasteiger partial charge in [0, 0.05) is 14.5 Å². The third kappa shape index (κ3) is 6.38. The molecule has 3 aromatic rings. The molecule has 0 aliphatic carbocycles. The van der Waals surface area contributed by atoms with E-state index in [1.54, 1.807) is 66.7 Å². The zero-order valence-corrected chi connectivity index (χ0v) is 19.9. The normalized spacial score (nSPS) is 10.6. The highest BCUT2D eigenvalue weighted by Gasteiger charge is 2.14. The number of hydrazone groups is 1. The average Bonchev–Trinajstić information content (AvgIpc) is 2.80. The first-order chi connectivity index (χ1) is 15.5. The Balaban J connectivity index is 1.76. The Labute approximate surface area is 202 Å². The van der Waals surface area contributed by atoms with Gasteiger partial charge in [0.2, 0.25) is 0 Å². The van der Waals surface area contributed by atoms with Crippen LogP contribution in [0.15, 0.2) is 93.4 Å². The fraction of sp³-hybridized carbons (Fsp3) is 0.0417. The summed E-state index contributed by atoms with van der Waals surface area (Å²) in [6.45, 7) is 3.87. The van der Waals surface area contributed by atoms with Gasteiger partial charge in [0.25, 0.3) is 5.91 Å². The summed E-state index contributed by atoms with van der Waals surface area (Å²) in [6, 6.07) is 18.9. The van der Waals surface area contributed by atoms with Crippen molar-refractivity contribution < 1.29 is 19.1 Å². The van der Waals surface area contributed by atoms with Gasteiger partial charge in [-0.2, -0.15) is 5.10 Å². The highest BCUT2D eigenvalue weighted by Crippen LogP contribution is 2.24. The van der Waals surface area contributed by atoms with Crippen molar-refractivity contribution in [1.82, 2.24) is 5.43 Å². The number of esters is 1. The topological polar surface area (TPSA) is 77.0 Å². The highest BCUT2D eigenvalue weighted by molar-refractivity contribution is 9.10. The lowest BCUT2D eigenvalue weighted by molar-refractivity contribution is 0.0734. The van der Waals surface area contributed by atoms with Gasteiger partial charge >= 0.3 is 5.97 Å². The van der Waals surface area contributed by atoms with Crippen LogP contribution in [0.1, 0.15) is 26.3 Å². The fourth-order valence-corrected chi connectivity index (χ4v) is 3.36. The molecule has 1 amide bonds. The molecule has 0 radical (unpaired) electrons. The lowest BCUT2D eigenvalue weighted by atomic mass is 10.2. The van der Waals surface area contributed by atoms with Gasteiger partial charge in [-0.3, -0.25) is 4.79 Å². The number of hydrogen-bond donors (Lipinski definition) is 1. The van der Waals surface area contributed by atoms with Gasteiger partial charge in [0.1, 0.15) is 18.1 Å². The van der Waals surface area contributed by atoms with Crippen LogP contribution in [0.4, 0.5) is 0 Å². The average molecular weight is 558 g/mol. The van der Waals surface area contributed by atoms with Crippen LogP contribution in [-0.4, -0.2) is 24.7 Å². The molecule has 0 spiro atoms. The zero-order chi connectivity index (χ0) is 22.9. The summed E-state index contributed by atoms with van der Waals surface area (Å²) >= 11 is 6.74. The number of amides is 1. The van der Waals surface area contributed by atoms with Gasteiger partial charge in [-0.05, 0) is 48.5 Å². The molecule has 0 aliphatic heterocycles. The Hall–Kier alpha value is -3.23. The van der Waals surface area contributed by atoms with E-state index in [9.17, 15) is 9.59 Å². The predicted octanol–water partition coefficient (Wildman–Crippen LogP) is 5.76. The smallest absolute Gasteiger partial charge is 0.343 e. The lowest BCUT2D eigenvalue weighted by Gasteiger charge is -2.10. The maximum Gasteiger partial charge on any atom is 0.343 e. The molecule has 162 valence electrons. The standard InChI is InChI=1S/C24H18Br2N2O4/c1-2-12-31-22-11-9-19(26)14-20(22)23(29)28-27-15-17-13-18(25)8-10-21(17)32-24(30)16-6-4-3-5-7-16/h2-11,13-15H,1,12H2,(H,28,29)/b27-15-. The van der Waals surface area contributed by atoms with E-state index in [-0.39, 0.29) is 6.61 Å². The molecule has 0 fully saturated rings. The second-order valence-corrected chi connectivity index (χ2v) is 8.21. The molecule has 0 saturated carbocycles. The third-order valence-corrected chi connectivity index (χ3v) is 5.08. The van der Waals surface area contributed by atoms with E-state index in [0.717, 1.165) is 8.95 Å². The van der Waals surface area contributed by atoms with Crippen LogP contribution in [0.5, 0.6) is 11.5 Å². The van der Waals surface area contributed by atoms with Crippen LogP contribution < -0.4 is 14.9 Å². The van der Waals surface area contributed by atoms with Gasteiger partial charge in [-0.1, -0.05) is 62.7 Å². The second-order valence-electron chi connectivity index (χ2n) is 6.38. The van der Waals surface area contributed by atoms with Crippen LogP contribution in [0, 0.1) is 0 Å². The van der Waals surface area contributed by atoms with E-state index < -0.39 is 11.9 Å². The number of hydrogen-bond acceptors (Lipinski definition) is 5. The molecule has 0 unspecified atom stereocenters. The van der Waals surface area contributed by atoms with Gasteiger partial charge < -0.3 is 9.47 Å². The number of nitrogens with zero attached hydrogens (tertiary/aromatic N) is 1. The largest absolute Gasteiger partial charge is 0.489 e. The Morgan fingerprint density at radius 3 is 2.38 bits per heavy atom. The number of halogens is 2. The van der Waals surface area contributed by atoms with E-state index in [2.05, 4.69) is 49.0 Å². The van der Waals surface area contributed by atoms with Crippen LogP contribution in [0.2, 0.25) is 0 Å². The van der Waals surface area contributed by atoms with Crippen LogP contribution in [-0.2, 0) is 0 Å². The Morgan fingerprint density at radius 1 is 0.969 bits per heavy atom. The molecule has 8 heteroatoms. The van der Waals surface area contributed by atoms with Gasteiger partial charge in [-0.15, -0.1) is 0 Å². The SMILES string of the molecule is C=CCOc1ccc(Br)cc1C(=O)N/N=C\c1cc(Br)ccc1OC(=O)c1ccccc1. The van der Waals surface area contributed by atoms with E-state index in [1.807, 2.05) is 6.07 Å². The second kappa shape index (κ2) is 11.4. The molecule has 0 atom stereocenters. The molecule has 0 bridgehead atoms. The molecule has 0 heterocycles. The molecule has 6 nitrogen and oxygen atoms in total. The number of ether oxygens (including phenoxy) is 2. The molecule has 0 aromatic heterocycles. The van der Waals surface area contributed by atoms with Crippen LogP contribution >= 0.6 is 31.9 Å². The highest BCUT2D eigenvalue weighted by atomic mass is 79.9. The summed E-state index contributed by atoms with van der Waals surface area (Å²) in [5.41, 5.74) is 3.71. The van der Waals surface area contributed by atoms with Crippen molar-refractivity contribution in [3.63, 3.8) is 0 Å². The molecule has 1 N–H and O–H groups in total. The minimum Gasteiger partial charge on any atom is -0.489 e. The molecular formula is C24H18Br2N2O4. The van der Waals surface area contributed by atoms with E-state index in [0.29, 0.717) is 28.2 Å². The monoisotopic (exact) mass is 556 g/mol. The van der Waals surface area contributed by atoms with Gasteiger partial charge in [-0.25, -0.2) is 10.2 Å². The number of nitrogens with one attached hydrogen (secondary N) is 1. The van der Waals surface area contributed by atoms with E-state index in [1.165, 1.54) is 6.21 Å². The Bertz CT molecular complexity index is 1160. The number of carbonyl (C=O) groups excluding carboxylic acids is 2. The van der Waals surface area contributed by atoms with Crippen LogP contribution in [0.3, 0.4) is 0 Å². The lowest BCUT2D eigenvalue weighted by Crippen LogP contribution is -2.19. The summed E-state index contributed by atoms with van der Waals surface area (Å²) in [4.78, 5) is 25.0. The number of benzene rings is 3. The maximum absolute atomic E-state index is 12.6. The number of rotatable bonds is 8. The molecule has 3 rings (SSSR count). The summed E-state index contributed by atoms with van der Waals surface area (Å²) in [6.07, 6.45) is 2.99. The summed E-state index contributed by atoms with van der Waals surface area (Å²) in [7, 11) is 0.